The zero-order chi connectivity index (χ0) is 11.8. The van der Waals surface area contributed by atoms with Crippen LogP contribution < -0.4 is 5.32 Å². The first-order valence-corrected chi connectivity index (χ1v) is 6.27. The third-order valence-corrected chi connectivity index (χ3v) is 2.83. The summed E-state index contributed by atoms with van der Waals surface area (Å²) >= 11 is 0. The Kier molecular flexibility index (Phi) is 6.96. The third kappa shape index (κ3) is 5.80. The van der Waals surface area contributed by atoms with E-state index in [1.165, 1.54) is 0 Å². The van der Waals surface area contributed by atoms with E-state index in [9.17, 15) is 0 Å². The largest absolute Gasteiger partial charge is 0.382 e. The van der Waals surface area contributed by atoms with E-state index in [4.69, 9.17) is 9.47 Å². The number of ether oxygens (including phenoxy) is 2. The third-order valence-electron chi connectivity index (χ3n) is 2.83. The molecule has 0 bridgehead atoms. The summed E-state index contributed by atoms with van der Waals surface area (Å²) in [5.41, 5.74) is 0. The zero-order valence-corrected chi connectivity index (χ0v) is 10.9. The summed E-state index contributed by atoms with van der Waals surface area (Å²) in [5, 5.41) is 3.54. The fraction of sp³-hybridized carbons (Fsp3) is 1.00. The molecule has 1 aliphatic rings. The molecule has 0 aromatic heterocycles. The maximum Gasteiger partial charge on any atom is 0.0700 e. The molecule has 0 spiro atoms. The van der Waals surface area contributed by atoms with Gasteiger partial charge >= 0.3 is 0 Å². The van der Waals surface area contributed by atoms with Gasteiger partial charge in [0.05, 0.1) is 13.2 Å². The van der Waals surface area contributed by atoms with Crippen LogP contribution in [0.15, 0.2) is 0 Å². The van der Waals surface area contributed by atoms with Crippen molar-refractivity contribution < 1.29 is 9.47 Å². The average Bonchev–Trinajstić information content (AvgIpc) is 2.22. The van der Waals surface area contributed by atoms with Gasteiger partial charge in [0.1, 0.15) is 0 Å². The van der Waals surface area contributed by atoms with Gasteiger partial charge < -0.3 is 19.7 Å². The van der Waals surface area contributed by atoms with Crippen LogP contribution >= 0.6 is 0 Å². The van der Waals surface area contributed by atoms with Crippen LogP contribution in [0.2, 0.25) is 0 Å². The Bertz CT molecular complexity index is 168. The van der Waals surface area contributed by atoms with E-state index in [-0.39, 0.29) is 0 Å². The van der Waals surface area contributed by atoms with Gasteiger partial charge in [0.2, 0.25) is 0 Å². The minimum atomic E-state index is 0.609. The maximum absolute atomic E-state index is 5.45. The predicted molar refractivity (Wildman–Crippen MR) is 65.8 cm³/mol. The van der Waals surface area contributed by atoms with Crippen molar-refractivity contribution >= 4 is 0 Å². The second kappa shape index (κ2) is 8.01. The van der Waals surface area contributed by atoms with Gasteiger partial charge in [-0.3, -0.25) is 0 Å². The number of rotatable bonds is 7. The van der Waals surface area contributed by atoms with E-state index in [1.54, 1.807) is 7.11 Å². The van der Waals surface area contributed by atoms with E-state index in [0.717, 1.165) is 32.7 Å². The fourth-order valence-corrected chi connectivity index (χ4v) is 2.26. The molecule has 0 radical (unpaired) electrons. The molecule has 0 aliphatic carbocycles. The van der Waals surface area contributed by atoms with Crippen molar-refractivity contribution in [2.75, 3.05) is 46.6 Å². The van der Waals surface area contributed by atoms with Gasteiger partial charge in [-0.1, -0.05) is 0 Å². The molecule has 1 N–H and O–H groups in total. The second-order valence-corrected chi connectivity index (χ2v) is 4.69. The van der Waals surface area contributed by atoms with E-state index in [2.05, 4.69) is 24.1 Å². The van der Waals surface area contributed by atoms with Crippen molar-refractivity contribution in [3.8, 4) is 0 Å². The highest BCUT2D eigenvalue weighted by Gasteiger charge is 2.19. The molecule has 1 rings (SSSR count). The van der Waals surface area contributed by atoms with Gasteiger partial charge in [0.25, 0.3) is 0 Å². The molecule has 0 aromatic rings. The molecular weight excluding hydrogens is 204 g/mol. The SMILES string of the molecule is COCCOCCCN1CC(C)NC(C)C1. The molecule has 4 heteroatoms. The first-order chi connectivity index (χ1) is 7.72. The number of methoxy groups -OCH3 is 1. The highest BCUT2D eigenvalue weighted by atomic mass is 16.5. The van der Waals surface area contributed by atoms with Crippen molar-refractivity contribution in [2.45, 2.75) is 32.4 Å². The van der Waals surface area contributed by atoms with Gasteiger partial charge in [-0.05, 0) is 20.3 Å². The van der Waals surface area contributed by atoms with Gasteiger partial charge in [-0.15, -0.1) is 0 Å². The average molecular weight is 230 g/mol. The molecule has 96 valence electrons. The molecule has 1 heterocycles. The number of hydrogen-bond donors (Lipinski definition) is 1. The van der Waals surface area contributed by atoms with Gasteiger partial charge in [0, 0.05) is 45.4 Å². The Balaban J connectivity index is 1.99. The van der Waals surface area contributed by atoms with Crippen molar-refractivity contribution in [3.63, 3.8) is 0 Å². The van der Waals surface area contributed by atoms with Crippen molar-refractivity contribution in [1.29, 1.82) is 0 Å². The maximum atomic E-state index is 5.45. The van der Waals surface area contributed by atoms with Crippen LogP contribution in [0.5, 0.6) is 0 Å². The summed E-state index contributed by atoms with van der Waals surface area (Å²) in [6.07, 6.45) is 1.11. The van der Waals surface area contributed by atoms with Crippen LogP contribution in [0.1, 0.15) is 20.3 Å². The van der Waals surface area contributed by atoms with Gasteiger partial charge in [-0.25, -0.2) is 0 Å². The van der Waals surface area contributed by atoms with E-state index >= 15 is 0 Å². The number of hydrogen-bond acceptors (Lipinski definition) is 4. The predicted octanol–water partition coefficient (Wildman–Crippen LogP) is 0.722. The smallest absolute Gasteiger partial charge is 0.0700 e. The van der Waals surface area contributed by atoms with Crippen LogP contribution in [-0.4, -0.2) is 63.5 Å². The number of nitrogens with zero attached hydrogens (tertiary/aromatic N) is 1. The van der Waals surface area contributed by atoms with E-state index in [0.29, 0.717) is 25.3 Å². The normalized spacial score (nSPS) is 27.2. The van der Waals surface area contributed by atoms with Gasteiger partial charge in [-0.2, -0.15) is 0 Å². The lowest BCUT2D eigenvalue weighted by molar-refractivity contribution is 0.0624. The number of nitrogens with one attached hydrogen (secondary N) is 1. The molecule has 0 aromatic carbocycles. The Labute approximate surface area is 99.3 Å². The molecule has 2 unspecified atom stereocenters. The summed E-state index contributed by atoms with van der Waals surface area (Å²) in [6, 6.07) is 1.22. The Morgan fingerprint density at radius 2 is 1.81 bits per heavy atom. The summed E-state index contributed by atoms with van der Waals surface area (Å²) < 4.78 is 10.4. The second-order valence-electron chi connectivity index (χ2n) is 4.69. The molecule has 4 nitrogen and oxygen atoms in total. The molecule has 1 aliphatic heterocycles. The lowest BCUT2D eigenvalue weighted by Crippen LogP contribution is -2.54. The standard InChI is InChI=1S/C12H26N2O2/c1-11-9-14(10-12(2)13-11)5-4-6-16-8-7-15-3/h11-13H,4-10H2,1-3H3. The van der Waals surface area contributed by atoms with Crippen LogP contribution in [0.3, 0.4) is 0 Å². The molecule has 1 saturated heterocycles. The Morgan fingerprint density at radius 3 is 2.44 bits per heavy atom. The topological polar surface area (TPSA) is 33.7 Å². The summed E-state index contributed by atoms with van der Waals surface area (Å²) in [4.78, 5) is 2.52. The minimum Gasteiger partial charge on any atom is -0.382 e. The summed E-state index contributed by atoms with van der Waals surface area (Å²) in [7, 11) is 1.70. The zero-order valence-electron chi connectivity index (χ0n) is 10.9. The summed E-state index contributed by atoms with van der Waals surface area (Å²) in [6.45, 7) is 10.2. The monoisotopic (exact) mass is 230 g/mol. The van der Waals surface area contributed by atoms with Crippen molar-refractivity contribution in [3.05, 3.63) is 0 Å². The van der Waals surface area contributed by atoms with Crippen LogP contribution in [-0.2, 0) is 9.47 Å². The molecule has 1 fully saturated rings. The quantitative estimate of drug-likeness (QED) is 0.654. The van der Waals surface area contributed by atoms with Gasteiger partial charge in [0.15, 0.2) is 0 Å². The Morgan fingerprint density at radius 1 is 1.12 bits per heavy atom. The molecule has 2 atom stereocenters. The highest BCUT2D eigenvalue weighted by Crippen LogP contribution is 2.04. The van der Waals surface area contributed by atoms with Crippen LogP contribution in [0.4, 0.5) is 0 Å². The van der Waals surface area contributed by atoms with Crippen LogP contribution in [0.25, 0.3) is 0 Å². The van der Waals surface area contributed by atoms with Crippen molar-refractivity contribution in [1.82, 2.24) is 10.2 Å². The molecule has 0 saturated carbocycles. The highest BCUT2D eigenvalue weighted by molar-refractivity contribution is 4.80. The van der Waals surface area contributed by atoms with E-state index < -0.39 is 0 Å². The first-order valence-electron chi connectivity index (χ1n) is 6.27. The van der Waals surface area contributed by atoms with Crippen LogP contribution in [0, 0.1) is 0 Å². The van der Waals surface area contributed by atoms with Crippen molar-refractivity contribution in [2.24, 2.45) is 0 Å². The molecule has 0 amide bonds. The first kappa shape index (κ1) is 13.9. The summed E-state index contributed by atoms with van der Waals surface area (Å²) in [5.74, 6) is 0. The van der Waals surface area contributed by atoms with E-state index in [1.807, 2.05) is 0 Å². The molecule has 16 heavy (non-hydrogen) atoms. The lowest BCUT2D eigenvalue weighted by Gasteiger charge is -2.36. The Hall–Kier alpha value is -0.160. The lowest BCUT2D eigenvalue weighted by atomic mass is 10.1. The fourth-order valence-electron chi connectivity index (χ4n) is 2.26. The number of piperazine rings is 1. The molecular formula is C12H26N2O2. The minimum absolute atomic E-state index is 0.609.